The van der Waals surface area contributed by atoms with E-state index < -0.39 is 21.7 Å². The number of para-hydroxylation sites is 1. The van der Waals surface area contributed by atoms with Crippen LogP contribution in [0.15, 0.2) is 71.6 Å². The van der Waals surface area contributed by atoms with Crippen LogP contribution in [0.5, 0.6) is 0 Å². The quantitative estimate of drug-likeness (QED) is 0.697. The molecule has 3 rings (SSSR count). The third-order valence-electron chi connectivity index (χ3n) is 3.82. The Morgan fingerprint density at radius 1 is 0.923 bits per heavy atom. The van der Waals surface area contributed by atoms with Gasteiger partial charge in [0.1, 0.15) is 5.82 Å². The maximum Gasteiger partial charge on any atom is 0.240 e. The zero-order valence-electron chi connectivity index (χ0n) is 13.8. The number of sulfonamides is 1. The van der Waals surface area contributed by atoms with Crippen LogP contribution < -0.4 is 10.0 Å². The zero-order chi connectivity index (χ0) is 18.6. The minimum atomic E-state index is -3.73. The lowest BCUT2D eigenvalue weighted by atomic mass is 10.1. The van der Waals surface area contributed by atoms with E-state index in [0.717, 1.165) is 10.8 Å². The van der Waals surface area contributed by atoms with Crippen LogP contribution in [-0.2, 0) is 14.8 Å². The summed E-state index contributed by atoms with van der Waals surface area (Å²) in [5.74, 6) is -1.02. The number of halogens is 1. The molecule has 0 saturated heterocycles. The van der Waals surface area contributed by atoms with Crippen molar-refractivity contribution in [2.24, 2.45) is 0 Å². The first kappa shape index (κ1) is 18.0. The summed E-state index contributed by atoms with van der Waals surface area (Å²) < 4.78 is 40.6. The summed E-state index contributed by atoms with van der Waals surface area (Å²) in [6.45, 7) is -0.0879. The average Bonchev–Trinajstić information content (AvgIpc) is 2.63. The normalized spacial score (nSPS) is 11.4. The van der Waals surface area contributed by atoms with E-state index in [0.29, 0.717) is 0 Å². The van der Waals surface area contributed by atoms with Crippen molar-refractivity contribution in [1.29, 1.82) is 0 Å². The molecule has 7 heteroatoms. The molecule has 0 aliphatic heterocycles. The van der Waals surface area contributed by atoms with Crippen LogP contribution in [-0.4, -0.2) is 20.9 Å². The molecule has 5 nitrogen and oxygen atoms in total. The smallest absolute Gasteiger partial charge is 0.240 e. The molecule has 0 unspecified atom stereocenters. The Morgan fingerprint density at radius 2 is 1.62 bits per heavy atom. The Labute approximate surface area is 150 Å². The van der Waals surface area contributed by atoms with Crippen LogP contribution >= 0.6 is 0 Å². The highest BCUT2D eigenvalue weighted by Gasteiger charge is 2.15. The molecule has 2 N–H and O–H groups in total. The lowest BCUT2D eigenvalue weighted by Gasteiger charge is -2.09. The summed E-state index contributed by atoms with van der Waals surface area (Å²) in [6.07, 6.45) is -0.110. The number of nitrogens with one attached hydrogen (secondary N) is 2. The second-order valence-corrected chi connectivity index (χ2v) is 7.45. The highest BCUT2D eigenvalue weighted by molar-refractivity contribution is 7.89. The minimum Gasteiger partial charge on any atom is -0.324 e. The number of benzene rings is 3. The van der Waals surface area contributed by atoms with Crippen molar-refractivity contribution in [2.75, 3.05) is 11.9 Å². The Kier molecular flexibility index (Phi) is 5.29. The van der Waals surface area contributed by atoms with Crippen molar-refractivity contribution in [3.05, 3.63) is 72.5 Å². The van der Waals surface area contributed by atoms with E-state index in [1.54, 1.807) is 18.2 Å². The third-order valence-corrected chi connectivity index (χ3v) is 5.28. The molecule has 0 spiro atoms. The highest BCUT2D eigenvalue weighted by Crippen LogP contribution is 2.19. The number of anilines is 1. The maximum absolute atomic E-state index is 13.5. The van der Waals surface area contributed by atoms with Crippen molar-refractivity contribution in [3.8, 4) is 0 Å². The van der Waals surface area contributed by atoms with E-state index in [4.69, 9.17) is 0 Å². The molecule has 26 heavy (non-hydrogen) atoms. The first-order chi connectivity index (χ1) is 12.5. The van der Waals surface area contributed by atoms with Gasteiger partial charge < -0.3 is 5.32 Å². The molecule has 0 bridgehead atoms. The Bertz CT molecular complexity index is 1050. The fraction of sp³-hybridized carbons (Fsp3) is 0.105. The number of amides is 1. The topological polar surface area (TPSA) is 75.3 Å². The zero-order valence-corrected chi connectivity index (χ0v) is 14.6. The van der Waals surface area contributed by atoms with Gasteiger partial charge in [-0.1, -0.05) is 42.5 Å². The van der Waals surface area contributed by atoms with Gasteiger partial charge in [-0.3, -0.25) is 4.79 Å². The van der Waals surface area contributed by atoms with Gasteiger partial charge >= 0.3 is 0 Å². The van der Waals surface area contributed by atoms with E-state index >= 15 is 0 Å². The lowest BCUT2D eigenvalue weighted by molar-refractivity contribution is -0.116. The number of hydrogen-bond acceptors (Lipinski definition) is 3. The molecular weight excluding hydrogens is 355 g/mol. The second-order valence-electron chi connectivity index (χ2n) is 5.68. The molecule has 3 aromatic carbocycles. The number of carbonyl (C=O) groups excluding carboxylic acids is 1. The summed E-state index contributed by atoms with van der Waals surface area (Å²) in [7, 11) is -3.73. The van der Waals surface area contributed by atoms with Crippen molar-refractivity contribution < 1.29 is 17.6 Å². The first-order valence-electron chi connectivity index (χ1n) is 7.98. The number of carbonyl (C=O) groups is 1. The summed E-state index contributed by atoms with van der Waals surface area (Å²) in [4.78, 5) is 12.0. The van der Waals surface area contributed by atoms with Gasteiger partial charge in [-0.25, -0.2) is 17.5 Å². The third kappa shape index (κ3) is 4.25. The van der Waals surface area contributed by atoms with Crippen molar-refractivity contribution in [2.45, 2.75) is 11.3 Å². The van der Waals surface area contributed by atoms with Crippen molar-refractivity contribution >= 4 is 32.4 Å². The van der Waals surface area contributed by atoms with Crippen LogP contribution in [0.4, 0.5) is 10.1 Å². The molecule has 1 amide bonds. The maximum atomic E-state index is 13.5. The summed E-state index contributed by atoms with van der Waals surface area (Å²) >= 11 is 0. The van der Waals surface area contributed by atoms with Gasteiger partial charge in [0.2, 0.25) is 15.9 Å². The summed E-state index contributed by atoms with van der Waals surface area (Å²) in [6, 6.07) is 18.1. The summed E-state index contributed by atoms with van der Waals surface area (Å²) in [5, 5.41) is 4.16. The first-order valence-corrected chi connectivity index (χ1v) is 9.47. The van der Waals surface area contributed by atoms with E-state index in [1.165, 1.54) is 24.3 Å². The Morgan fingerprint density at radius 3 is 2.38 bits per heavy atom. The van der Waals surface area contributed by atoms with Crippen LogP contribution in [0, 0.1) is 5.82 Å². The molecule has 134 valence electrons. The van der Waals surface area contributed by atoms with E-state index in [-0.39, 0.29) is 23.5 Å². The van der Waals surface area contributed by atoms with Crippen LogP contribution in [0.25, 0.3) is 10.8 Å². The molecule has 3 aromatic rings. The van der Waals surface area contributed by atoms with Crippen LogP contribution in [0.1, 0.15) is 6.42 Å². The predicted molar refractivity (Wildman–Crippen MR) is 98.8 cm³/mol. The molecule has 0 atom stereocenters. The molecule has 0 aliphatic rings. The van der Waals surface area contributed by atoms with Crippen molar-refractivity contribution in [1.82, 2.24) is 4.72 Å². The number of hydrogen-bond donors (Lipinski definition) is 2. The second kappa shape index (κ2) is 7.63. The highest BCUT2D eigenvalue weighted by atomic mass is 32.2. The molecular formula is C19H17FN2O3S. The minimum absolute atomic E-state index is 0.0647. The fourth-order valence-electron chi connectivity index (χ4n) is 2.49. The fourth-order valence-corrected chi connectivity index (χ4v) is 3.56. The van der Waals surface area contributed by atoms with Gasteiger partial charge in [-0.15, -0.1) is 0 Å². The molecule has 0 heterocycles. The van der Waals surface area contributed by atoms with Gasteiger partial charge in [0.25, 0.3) is 0 Å². The molecule has 0 saturated carbocycles. The van der Waals surface area contributed by atoms with E-state index in [2.05, 4.69) is 10.0 Å². The monoisotopic (exact) mass is 372 g/mol. The van der Waals surface area contributed by atoms with Gasteiger partial charge in [-0.2, -0.15) is 0 Å². The molecule has 0 aliphatic carbocycles. The van der Waals surface area contributed by atoms with Crippen molar-refractivity contribution in [3.63, 3.8) is 0 Å². The Hall–Kier alpha value is -2.77. The van der Waals surface area contributed by atoms with Gasteiger partial charge in [-0.05, 0) is 35.0 Å². The van der Waals surface area contributed by atoms with Gasteiger partial charge in [0.15, 0.2) is 0 Å². The molecule has 0 radical (unpaired) electrons. The lowest BCUT2D eigenvalue weighted by Crippen LogP contribution is -2.28. The SMILES string of the molecule is O=C(CCNS(=O)(=O)c1ccc2ccccc2c1)Nc1ccccc1F. The van der Waals surface area contributed by atoms with E-state index in [9.17, 15) is 17.6 Å². The predicted octanol–water partition coefficient (Wildman–Crippen LogP) is 3.29. The van der Waals surface area contributed by atoms with Gasteiger partial charge in [0.05, 0.1) is 10.6 Å². The molecule has 0 fully saturated rings. The van der Waals surface area contributed by atoms with E-state index in [1.807, 2.05) is 24.3 Å². The largest absolute Gasteiger partial charge is 0.324 e. The average molecular weight is 372 g/mol. The van der Waals surface area contributed by atoms with Crippen LogP contribution in [0.2, 0.25) is 0 Å². The Balaban J connectivity index is 1.61. The van der Waals surface area contributed by atoms with Crippen LogP contribution in [0.3, 0.4) is 0 Å². The molecule has 0 aromatic heterocycles. The summed E-state index contributed by atoms with van der Waals surface area (Å²) in [5.41, 5.74) is 0.0647. The van der Waals surface area contributed by atoms with Gasteiger partial charge in [0, 0.05) is 13.0 Å². The standard InChI is InChI=1S/C19H17FN2O3S/c20-17-7-3-4-8-18(17)22-19(23)11-12-21-26(24,25)16-10-9-14-5-1-2-6-15(14)13-16/h1-10,13,21H,11-12H2,(H,22,23). The number of rotatable bonds is 6. The number of fused-ring (bicyclic) bond motifs is 1.